The lowest BCUT2D eigenvalue weighted by molar-refractivity contribution is -0.134. The summed E-state index contributed by atoms with van der Waals surface area (Å²) in [7, 11) is -2.78. The first-order valence-corrected chi connectivity index (χ1v) is 22.2. The van der Waals surface area contributed by atoms with Gasteiger partial charge in [0.25, 0.3) is 5.91 Å². The minimum Gasteiger partial charge on any atom is -0.449 e. The van der Waals surface area contributed by atoms with Crippen molar-refractivity contribution in [3.05, 3.63) is 42.1 Å². The fourth-order valence-electron chi connectivity index (χ4n) is 6.12. The van der Waals surface area contributed by atoms with Gasteiger partial charge >= 0.3 is 26.0 Å². The quantitative estimate of drug-likeness (QED) is 0.0762. The highest BCUT2D eigenvalue weighted by atomic mass is 31.2. The summed E-state index contributed by atoms with van der Waals surface area (Å²) in [6, 6.07) is 9.05. The minimum absolute atomic E-state index is 0.0419. The van der Waals surface area contributed by atoms with E-state index in [2.05, 4.69) is 10.3 Å². The summed E-state index contributed by atoms with van der Waals surface area (Å²) < 4.78 is 56.8. The predicted octanol–water partition coefficient (Wildman–Crippen LogP) is 4.90. The lowest BCUT2D eigenvalue weighted by atomic mass is 10.2. The molecule has 3 heterocycles. The Morgan fingerprint density at radius 2 is 1.41 bits per heavy atom. The molecule has 2 aliphatic heterocycles. The van der Waals surface area contributed by atoms with E-state index in [1.165, 1.54) is 15.9 Å². The van der Waals surface area contributed by atoms with Crippen LogP contribution in [0.2, 0.25) is 0 Å². The Kier molecular flexibility index (Phi) is 19.5. The molecule has 2 aromatic rings. The molecule has 1 aromatic heterocycles. The normalized spacial score (nSPS) is 16.0. The summed E-state index contributed by atoms with van der Waals surface area (Å²) in [6.45, 7) is 8.65. The average Bonchev–Trinajstić information content (AvgIpc) is 3.73. The number of methoxy groups -OCH3 is 1. The number of ether oxygens (including phenoxy) is 6. The molecule has 0 unspecified atom stereocenters. The number of aromatic nitrogens is 2. The van der Waals surface area contributed by atoms with Gasteiger partial charge in [-0.25, -0.2) is 24.4 Å². The van der Waals surface area contributed by atoms with Crippen LogP contribution in [0.15, 0.2) is 36.4 Å². The smallest absolute Gasteiger partial charge is 0.449 e. The Morgan fingerprint density at radius 3 is 1.97 bits per heavy atom. The fourth-order valence-corrected chi connectivity index (χ4v) is 7.81. The van der Waals surface area contributed by atoms with Crippen LogP contribution in [0.5, 0.6) is 0 Å². The van der Waals surface area contributed by atoms with Crippen LogP contribution in [0.3, 0.4) is 0 Å². The maximum absolute atomic E-state index is 14.5. The number of carbonyl (C=O) groups excluding carboxylic acids is 5. The molecule has 61 heavy (non-hydrogen) atoms. The zero-order chi connectivity index (χ0) is 44.4. The molecule has 1 N–H and O–H groups in total. The molecule has 0 saturated carbocycles. The van der Waals surface area contributed by atoms with Gasteiger partial charge in [-0.15, -0.1) is 0 Å². The van der Waals surface area contributed by atoms with Gasteiger partial charge in [0.1, 0.15) is 30.8 Å². The number of nitrogens with zero attached hydrogens (tertiary/aromatic N) is 5. The number of piperazine rings is 1. The third-order valence-corrected chi connectivity index (χ3v) is 11.2. The number of benzene rings is 1. The van der Waals surface area contributed by atoms with Gasteiger partial charge in [-0.1, -0.05) is 43.7 Å². The fraction of sp³-hybridized carbons (Fsp3) is 0.625. The Labute approximate surface area is 356 Å². The van der Waals surface area contributed by atoms with Crippen LogP contribution in [0.25, 0.3) is 11.4 Å². The van der Waals surface area contributed by atoms with Gasteiger partial charge in [0.05, 0.1) is 44.3 Å². The number of anilines is 1. The Hall–Kier alpha value is -5.04. The minimum atomic E-state index is -4.41. The zero-order valence-corrected chi connectivity index (χ0v) is 36.7. The second-order valence-electron chi connectivity index (χ2n) is 14.7. The largest absolute Gasteiger partial charge is 0.508 e. The first kappa shape index (κ1) is 48.6. The SMILES string of the molecule is CCCCOC(=O)N1CCN(C(=O)[C@H](CP(=O)(OCCOC(=O)OC(C)C)OCCOC(=O)OC(C)C)NC(=O)c2cc(N3CC[C@H](OC)C3)nc(-c3ccccc3)n2)CC1. The van der Waals surface area contributed by atoms with Gasteiger partial charge in [0.15, 0.2) is 5.82 Å². The third-order valence-electron chi connectivity index (χ3n) is 9.21. The van der Waals surface area contributed by atoms with Crippen molar-refractivity contribution in [2.24, 2.45) is 0 Å². The van der Waals surface area contributed by atoms with Crippen LogP contribution in [-0.2, 0) is 46.8 Å². The molecule has 0 radical (unpaired) electrons. The number of rotatable bonds is 21. The van der Waals surface area contributed by atoms with E-state index in [0.29, 0.717) is 30.9 Å². The van der Waals surface area contributed by atoms with Gasteiger partial charge in [0, 0.05) is 58.0 Å². The number of hydrogen-bond donors (Lipinski definition) is 1. The van der Waals surface area contributed by atoms with Crippen molar-refractivity contribution < 1.29 is 66.0 Å². The van der Waals surface area contributed by atoms with Crippen LogP contribution < -0.4 is 10.2 Å². The van der Waals surface area contributed by atoms with Crippen LogP contribution in [0, 0.1) is 0 Å². The van der Waals surface area contributed by atoms with Gasteiger partial charge in [-0.3, -0.25) is 14.2 Å². The summed E-state index contributed by atoms with van der Waals surface area (Å²) in [5, 5.41) is 2.72. The standard InChI is InChI=1S/C40H59N6O14P/c1-7-8-20-54-38(49)45-18-16-44(17-19-45)37(48)33(27-61(52,57-23-21-55-39(50)59-28(2)3)58-24-22-56-40(51)60-29(4)5)42-36(47)32-25-34(46-15-14-31(26-46)53-6)43-35(41-32)30-12-10-9-11-13-30/h9-13,25,28-29,31,33H,7-8,14-24,26-27H2,1-6H3,(H,42,47)/t31-,33-/m0/s1. The first-order valence-electron chi connectivity index (χ1n) is 20.5. The van der Waals surface area contributed by atoms with Crippen molar-refractivity contribution in [3.63, 3.8) is 0 Å². The topological polar surface area (TPSA) is 224 Å². The molecule has 3 amide bonds. The van der Waals surface area contributed by atoms with Crippen molar-refractivity contribution in [1.82, 2.24) is 25.1 Å². The van der Waals surface area contributed by atoms with Gasteiger partial charge in [-0.05, 0) is 40.5 Å². The summed E-state index contributed by atoms with van der Waals surface area (Å²) in [5.41, 5.74) is 0.567. The van der Waals surface area contributed by atoms with Crippen LogP contribution in [-0.4, -0.2) is 160 Å². The molecule has 2 aliphatic rings. The Morgan fingerprint density at radius 1 is 0.803 bits per heavy atom. The van der Waals surface area contributed by atoms with E-state index in [9.17, 15) is 28.5 Å². The molecule has 1 aromatic carbocycles. The number of nitrogens with one attached hydrogen (secondary N) is 1. The van der Waals surface area contributed by atoms with E-state index >= 15 is 0 Å². The molecule has 338 valence electrons. The van der Waals surface area contributed by atoms with Crippen molar-refractivity contribution in [2.75, 3.05) is 90.5 Å². The summed E-state index contributed by atoms with van der Waals surface area (Å²) in [6.07, 6.45) is -1.81. The first-order chi connectivity index (χ1) is 29.2. The second kappa shape index (κ2) is 24.4. The molecule has 21 heteroatoms. The van der Waals surface area contributed by atoms with Crippen molar-refractivity contribution in [3.8, 4) is 11.4 Å². The van der Waals surface area contributed by atoms with Crippen LogP contribution in [0.4, 0.5) is 20.2 Å². The molecule has 4 rings (SSSR count). The highest BCUT2D eigenvalue weighted by Gasteiger charge is 2.38. The molecule has 20 nitrogen and oxygen atoms in total. The number of hydrogen-bond acceptors (Lipinski definition) is 17. The van der Waals surface area contributed by atoms with E-state index in [4.69, 9.17) is 42.5 Å². The maximum Gasteiger partial charge on any atom is 0.508 e. The number of carbonyl (C=O) groups is 5. The van der Waals surface area contributed by atoms with Gasteiger partial charge in [-0.2, -0.15) is 0 Å². The predicted molar refractivity (Wildman–Crippen MR) is 220 cm³/mol. The number of unbranched alkanes of at least 4 members (excludes halogenated alkanes) is 1. The lowest BCUT2D eigenvalue weighted by Crippen LogP contribution is -2.57. The Bertz CT molecular complexity index is 1760. The molecule has 0 bridgehead atoms. The van der Waals surface area contributed by atoms with Crippen molar-refractivity contribution >= 4 is 43.6 Å². The van der Waals surface area contributed by atoms with E-state index in [0.717, 1.165) is 12.8 Å². The molecular formula is C40H59N6O14P. The third kappa shape index (κ3) is 16.1. The summed E-state index contributed by atoms with van der Waals surface area (Å²) >= 11 is 0. The zero-order valence-electron chi connectivity index (χ0n) is 35.8. The monoisotopic (exact) mass is 878 g/mol. The highest BCUT2D eigenvalue weighted by molar-refractivity contribution is 7.54. The van der Waals surface area contributed by atoms with Crippen LogP contribution in [0.1, 0.15) is 64.4 Å². The molecular weight excluding hydrogens is 819 g/mol. The molecule has 2 atom stereocenters. The van der Waals surface area contributed by atoms with E-state index in [1.54, 1.807) is 46.9 Å². The summed E-state index contributed by atoms with van der Waals surface area (Å²) in [4.78, 5) is 79.6. The molecule has 0 aliphatic carbocycles. The van der Waals surface area contributed by atoms with Crippen molar-refractivity contribution in [2.45, 2.75) is 78.2 Å². The summed E-state index contributed by atoms with van der Waals surface area (Å²) in [5.74, 6) is -0.704. The maximum atomic E-state index is 14.5. The highest BCUT2D eigenvalue weighted by Crippen LogP contribution is 2.49. The molecule has 2 saturated heterocycles. The van der Waals surface area contributed by atoms with E-state index in [-0.39, 0.29) is 50.4 Å². The van der Waals surface area contributed by atoms with E-state index in [1.807, 2.05) is 30.0 Å². The number of amides is 3. The van der Waals surface area contributed by atoms with E-state index < -0.39 is 88.7 Å². The Balaban J connectivity index is 1.62. The lowest BCUT2D eigenvalue weighted by Gasteiger charge is -2.36. The van der Waals surface area contributed by atoms with Crippen molar-refractivity contribution in [1.29, 1.82) is 0 Å². The second-order valence-corrected chi connectivity index (χ2v) is 16.8. The molecule has 0 spiro atoms. The van der Waals surface area contributed by atoms with Crippen LogP contribution >= 0.6 is 7.60 Å². The van der Waals surface area contributed by atoms with Gasteiger partial charge in [0.2, 0.25) is 5.91 Å². The van der Waals surface area contributed by atoms with Gasteiger partial charge < -0.3 is 57.5 Å². The molecule has 2 fully saturated rings. The average molecular weight is 879 g/mol.